The number of nitrogens with two attached hydrogens (primary N) is 1. The normalized spacial score (nSPS) is 14.5. The van der Waals surface area contributed by atoms with Crippen LogP contribution in [0.4, 0.5) is 5.82 Å². The van der Waals surface area contributed by atoms with E-state index in [1.165, 1.54) is 0 Å². The van der Waals surface area contributed by atoms with Crippen LogP contribution in [-0.2, 0) is 0 Å². The average Bonchev–Trinajstić information content (AvgIpc) is 3.24. The molecule has 0 spiro atoms. The lowest BCUT2D eigenvalue weighted by Gasteiger charge is -2.15. The van der Waals surface area contributed by atoms with Gasteiger partial charge in [0.1, 0.15) is 5.82 Å². The summed E-state index contributed by atoms with van der Waals surface area (Å²) in [6, 6.07) is 13.1. The highest BCUT2D eigenvalue weighted by Gasteiger charge is 2.21. The van der Waals surface area contributed by atoms with E-state index in [-0.39, 0.29) is 5.91 Å². The van der Waals surface area contributed by atoms with Gasteiger partial charge >= 0.3 is 0 Å². The Morgan fingerprint density at radius 2 is 1.83 bits per heavy atom. The number of carbonyl (C=O) groups excluding carboxylic acids is 1. The highest BCUT2D eigenvalue weighted by molar-refractivity contribution is 5.96. The first kappa shape index (κ1) is 13.8. The second kappa shape index (κ2) is 5.39. The topological polar surface area (TPSA) is 76.5 Å². The second-order valence-corrected chi connectivity index (χ2v) is 5.74. The number of rotatable bonds is 2. The smallest absolute Gasteiger partial charge is 0.254 e. The van der Waals surface area contributed by atoms with Crippen LogP contribution in [0.15, 0.2) is 42.5 Å². The van der Waals surface area contributed by atoms with Crippen LogP contribution in [0.25, 0.3) is 17.0 Å². The van der Waals surface area contributed by atoms with E-state index in [1.54, 1.807) is 16.6 Å². The van der Waals surface area contributed by atoms with E-state index in [2.05, 4.69) is 10.1 Å². The third kappa shape index (κ3) is 2.42. The van der Waals surface area contributed by atoms with Gasteiger partial charge in [0.25, 0.3) is 5.91 Å². The SMILES string of the molecule is Nc1cc(C(=O)N2CCCC2)cc2nc(-c3ccccc3)nn12. The number of pyridine rings is 1. The molecule has 1 aliphatic rings. The van der Waals surface area contributed by atoms with Gasteiger partial charge in [-0.05, 0) is 25.0 Å². The predicted octanol–water partition coefficient (Wildman–Crippen LogP) is 2.21. The molecule has 3 aromatic rings. The Morgan fingerprint density at radius 1 is 1.09 bits per heavy atom. The highest BCUT2D eigenvalue weighted by atomic mass is 16.2. The minimum atomic E-state index is 0.0148. The number of fused-ring (bicyclic) bond motifs is 1. The number of benzene rings is 1. The molecule has 0 aliphatic carbocycles. The van der Waals surface area contributed by atoms with Crippen molar-refractivity contribution in [2.24, 2.45) is 0 Å². The lowest BCUT2D eigenvalue weighted by atomic mass is 10.2. The second-order valence-electron chi connectivity index (χ2n) is 5.74. The molecular weight excluding hydrogens is 290 g/mol. The number of aromatic nitrogens is 3. The van der Waals surface area contributed by atoms with E-state index in [0.717, 1.165) is 31.5 Å². The summed E-state index contributed by atoms with van der Waals surface area (Å²) in [5, 5.41) is 4.44. The fraction of sp³-hybridized carbons (Fsp3) is 0.235. The van der Waals surface area contributed by atoms with E-state index in [4.69, 9.17) is 5.73 Å². The van der Waals surface area contributed by atoms with Crippen molar-refractivity contribution in [3.8, 4) is 11.4 Å². The molecule has 6 heteroatoms. The lowest BCUT2D eigenvalue weighted by Crippen LogP contribution is -2.27. The highest BCUT2D eigenvalue weighted by Crippen LogP contribution is 2.20. The van der Waals surface area contributed by atoms with Crippen molar-refractivity contribution in [1.82, 2.24) is 19.5 Å². The molecule has 0 radical (unpaired) electrons. The summed E-state index contributed by atoms with van der Waals surface area (Å²) in [4.78, 5) is 18.9. The van der Waals surface area contributed by atoms with Crippen LogP contribution in [0.5, 0.6) is 0 Å². The average molecular weight is 307 g/mol. The summed E-state index contributed by atoms with van der Waals surface area (Å²) in [5.41, 5.74) is 8.16. The van der Waals surface area contributed by atoms with Crippen LogP contribution in [-0.4, -0.2) is 38.5 Å². The van der Waals surface area contributed by atoms with E-state index < -0.39 is 0 Å². The number of anilines is 1. The predicted molar refractivity (Wildman–Crippen MR) is 88.0 cm³/mol. The van der Waals surface area contributed by atoms with Gasteiger partial charge in [-0.2, -0.15) is 4.52 Å². The van der Waals surface area contributed by atoms with E-state index >= 15 is 0 Å². The van der Waals surface area contributed by atoms with Crippen LogP contribution in [0, 0.1) is 0 Å². The summed E-state index contributed by atoms with van der Waals surface area (Å²) >= 11 is 0. The van der Waals surface area contributed by atoms with Gasteiger partial charge in [0.05, 0.1) is 0 Å². The number of hydrogen-bond acceptors (Lipinski definition) is 4. The maximum Gasteiger partial charge on any atom is 0.254 e. The number of nitrogens with zero attached hydrogens (tertiary/aromatic N) is 4. The van der Waals surface area contributed by atoms with Crippen molar-refractivity contribution in [2.45, 2.75) is 12.8 Å². The summed E-state index contributed by atoms with van der Waals surface area (Å²) in [6.45, 7) is 1.62. The van der Waals surface area contributed by atoms with Gasteiger partial charge in [-0.1, -0.05) is 30.3 Å². The molecule has 1 aromatic carbocycles. The van der Waals surface area contributed by atoms with Gasteiger partial charge in [-0.3, -0.25) is 4.79 Å². The van der Waals surface area contributed by atoms with Crippen LogP contribution in [0.1, 0.15) is 23.2 Å². The molecule has 4 rings (SSSR count). The third-order valence-electron chi connectivity index (χ3n) is 4.14. The van der Waals surface area contributed by atoms with Gasteiger partial charge < -0.3 is 10.6 Å². The lowest BCUT2D eigenvalue weighted by molar-refractivity contribution is 0.0793. The molecule has 1 saturated heterocycles. The quantitative estimate of drug-likeness (QED) is 0.787. The molecule has 0 unspecified atom stereocenters. The molecule has 6 nitrogen and oxygen atoms in total. The Bertz CT molecular complexity index is 865. The van der Waals surface area contributed by atoms with Gasteiger partial charge in [-0.15, -0.1) is 5.10 Å². The monoisotopic (exact) mass is 307 g/mol. The molecular formula is C17H17N5O. The fourth-order valence-corrected chi connectivity index (χ4v) is 2.94. The number of hydrogen-bond donors (Lipinski definition) is 1. The maximum absolute atomic E-state index is 12.5. The van der Waals surface area contributed by atoms with E-state index in [9.17, 15) is 4.79 Å². The Hall–Kier alpha value is -2.89. The zero-order chi connectivity index (χ0) is 15.8. The number of nitrogen functional groups attached to an aromatic ring is 1. The van der Waals surface area contributed by atoms with Gasteiger partial charge in [-0.25, -0.2) is 4.98 Å². The van der Waals surface area contributed by atoms with Crippen LogP contribution in [0.2, 0.25) is 0 Å². The first-order valence-electron chi connectivity index (χ1n) is 7.73. The van der Waals surface area contributed by atoms with Crippen LogP contribution >= 0.6 is 0 Å². The zero-order valence-electron chi connectivity index (χ0n) is 12.6. The minimum Gasteiger partial charge on any atom is -0.384 e. The molecule has 0 saturated carbocycles. The summed E-state index contributed by atoms with van der Waals surface area (Å²) in [5.74, 6) is 1.03. The molecule has 116 valence electrons. The molecule has 0 atom stereocenters. The molecule has 1 aliphatic heterocycles. The van der Waals surface area contributed by atoms with Crippen molar-refractivity contribution in [3.05, 3.63) is 48.0 Å². The standard InChI is InChI=1S/C17H17N5O/c18-14-10-13(17(23)21-8-4-5-9-21)11-15-19-16(20-22(14)15)12-6-2-1-3-7-12/h1-3,6-7,10-11H,4-5,8-9,18H2. The van der Waals surface area contributed by atoms with Crippen molar-refractivity contribution >= 4 is 17.4 Å². The van der Waals surface area contributed by atoms with Gasteiger partial charge in [0.15, 0.2) is 11.5 Å². The molecule has 0 bridgehead atoms. The molecule has 3 heterocycles. The first-order valence-corrected chi connectivity index (χ1v) is 7.73. The Balaban J connectivity index is 1.76. The number of likely N-dealkylation sites (tertiary alicyclic amines) is 1. The fourth-order valence-electron chi connectivity index (χ4n) is 2.94. The number of amides is 1. The molecule has 1 amide bonds. The minimum absolute atomic E-state index is 0.0148. The van der Waals surface area contributed by atoms with Crippen LogP contribution < -0.4 is 5.73 Å². The van der Waals surface area contributed by atoms with E-state index in [0.29, 0.717) is 22.9 Å². The van der Waals surface area contributed by atoms with E-state index in [1.807, 2.05) is 35.2 Å². The molecule has 23 heavy (non-hydrogen) atoms. The largest absolute Gasteiger partial charge is 0.384 e. The molecule has 2 aromatic heterocycles. The molecule has 2 N–H and O–H groups in total. The van der Waals surface area contributed by atoms with Gasteiger partial charge in [0, 0.05) is 24.2 Å². The zero-order valence-corrected chi connectivity index (χ0v) is 12.6. The van der Waals surface area contributed by atoms with Crippen molar-refractivity contribution < 1.29 is 4.79 Å². The van der Waals surface area contributed by atoms with Crippen LogP contribution in [0.3, 0.4) is 0 Å². The first-order chi connectivity index (χ1) is 11.2. The maximum atomic E-state index is 12.5. The Labute approximate surface area is 133 Å². The summed E-state index contributed by atoms with van der Waals surface area (Å²) < 4.78 is 1.57. The van der Waals surface area contributed by atoms with Crippen molar-refractivity contribution in [1.29, 1.82) is 0 Å². The summed E-state index contributed by atoms with van der Waals surface area (Å²) in [7, 11) is 0. The van der Waals surface area contributed by atoms with Crippen molar-refractivity contribution in [2.75, 3.05) is 18.8 Å². The summed E-state index contributed by atoms with van der Waals surface area (Å²) in [6.07, 6.45) is 2.12. The third-order valence-corrected chi connectivity index (χ3v) is 4.14. The Morgan fingerprint density at radius 3 is 2.57 bits per heavy atom. The molecule has 1 fully saturated rings. The van der Waals surface area contributed by atoms with Gasteiger partial charge in [0.2, 0.25) is 0 Å². The Kier molecular flexibility index (Phi) is 3.22. The van der Waals surface area contributed by atoms with Crippen molar-refractivity contribution in [3.63, 3.8) is 0 Å². The number of carbonyl (C=O) groups is 1.